The molecule has 0 atom stereocenters. The smallest absolute Gasteiger partial charge is 0.119 e. The molecule has 0 aliphatic heterocycles. The standard InChI is InChI=1S/C18H20O2/c1-14-5-9-18(10-6-14)20-11-3-4-17-8-7-16(13-19)12-15(17)2/h3-10,12,19H,11,13H2,1-2H3/b4-3+. The molecule has 20 heavy (non-hydrogen) atoms. The number of aliphatic hydroxyl groups excluding tert-OH is 1. The van der Waals surface area contributed by atoms with Gasteiger partial charge in [-0.3, -0.25) is 0 Å². The van der Waals surface area contributed by atoms with Gasteiger partial charge >= 0.3 is 0 Å². The number of rotatable bonds is 5. The Kier molecular flexibility index (Phi) is 4.97. The lowest BCUT2D eigenvalue weighted by Crippen LogP contribution is -1.93. The van der Waals surface area contributed by atoms with Gasteiger partial charge in [-0.15, -0.1) is 0 Å². The fourth-order valence-corrected chi connectivity index (χ4v) is 1.98. The molecule has 0 aromatic heterocycles. The fraction of sp³-hybridized carbons (Fsp3) is 0.222. The Bertz CT molecular complexity index is 583. The Balaban J connectivity index is 1.91. The summed E-state index contributed by atoms with van der Waals surface area (Å²) in [4.78, 5) is 0. The van der Waals surface area contributed by atoms with E-state index in [0.29, 0.717) is 6.61 Å². The normalized spacial score (nSPS) is 10.9. The summed E-state index contributed by atoms with van der Waals surface area (Å²) in [5, 5.41) is 9.07. The Morgan fingerprint density at radius 2 is 1.80 bits per heavy atom. The van der Waals surface area contributed by atoms with Crippen LogP contribution in [-0.2, 0) is 6.61 Å². The minimum atomic E-state index is 0.0847. The fourth-order valence-electron chi connectivity index (χ4n) is 1.98. The summed E-state index contributed by atoms with van der Waals surface area (Å²) in [6.07, 6.45) is 4.05. The Hall–Kier alpha value is -2.06. The van der Waals surface area contributed by atoms with E-state index in [9.17, 15) is 0 Å². The maximum Gasteiger partial charge on any atom is 0.119 e. The van der Waals surface area contributed by atoms with Crippen LogP contribution in [0.2, 0.25) is 0 Å². The van der Waals surface area contributed by atoms with Gasteiger partial charge in [0.1, 0.15) is 12.4 Å². The van der Waals surface area contributed by atoms with E-state index in [1.807, 2.05) is 61.5 Å². The predicted octanol–water partition coefficient (Wildman–Crippen LogP) is 3.89. The van der Waals surface area contributed by atoms with E-state index in [1.54, 1.807) is 0 Å². The number of aliphatic hydroxyl groups is 1. The van der Waals surface area contributed by atoms with Gasteiger partial charge in [0.2, 0.25) is 0 Å². The molecule has 1 N–H and O–H groups in total. The first-order chi connectivity index (χ1) is 9.69. The summed E-state index contributed by atoms with van der Waals surface area (Å²) in [7, 11) is 0. The second kappa shape index (κ2) is 6.92. The molecule has 2 aromatic rings. The van der Waals surface area contributed by atoms with Gasteiger partial charge in [-0.05, 0) is 48.7 Å². The minimum Gasteiger partial charge on any atom is -0.490 e. The van der Waals surface area contributed by atoms with E-state index >= 15 is 0 Å². The molecule has 2 nitrogen and oxygen atoms in total. The molecule has 0 saturated heterocycles. The summed E-state index contributed by atoms with van der Waals surface area (Å²) < 4.78 is 5.64. The first kappa shape index (κ1) is 14.4. The Morgan fingerprint density at radius 1 is 1.05 bits per heavy atom. The monoisotopic (exact) mass is 268 g/mol. The molecule has 0 bridgehead atoms. The summed E-state index contributed by atoms with van der Waals surface area (Å²) >= 11 is 0. The first-order valence-electron chi connectivity index (χ1n) is 6.75. The van der Waals surface area contributed by atoms with Crippen LogP contribution in [-0.4, -0.2) is 11.7 Å². The highest BCUT2D eigenvalue weighted by Gasteiger charge is 1.96. The van der Waals surface area contributed by atoms with Crippen LogP contribution in [0.5, 0.6) is 5.75 Å². The second-order valence-electron chi connectivity index (χ2n) is 4.88. The Morgan fingerprint density at radius 3 is 2.45 bits per heavy atom. The van der Waals surface area contributed by atoms with Gasteiger partial charge in [0.15, 0.2) is 0 Å². The van der Waals surface area contributed by atoms with Crippen LogP contribution in [0.15, 0.2) is 48.5 Å². The van der Waals surface area contributed by atoms with Crippen molar-refractivity contribution >= 4 is 6.08 Å². The molecule has 0 radical (unpaired) electrons. The average molecular weight is 268 g/mol. The van der Waals surface area contributed by atoms with Crippen molar-refractivity contribution in [2.45, 2.75) is 20.5 Å². The van der Waals surface area contributed by atoms with Crippen molar-refractivity contribution in [2.24, 2.45) is 0 Å². The molecule has 0 unspecified atom stereocenters. The van der Waals surface area contributed by atoms with Crippen molar-refractivity contribution in [1.29, 1.82) is 0 Å². The molecule has 0 amide bonds. The molecule has 0 saturated carbocycles. The molecular weight excluding hydrogens is 248 g/mol. The third-order valence-corrected chi connectivity index (χ3v) is 3.18. The summed E-state index contributed by atoms with van der Waals surface area (Å²) in [6.45, 7) is 4.73. The number of hydrogen-bond donors (Lipinski definition) is 1. The van der Waals surface area contributed by atoms with Gasteiger partial charge in [-0.25, -0.2) is 0 Å². The van der Waals surface area contributed by atoms with Crippen molar-refractivity contribution in [3.63, 3.8) is 0 Å². The largest absolute Gasteiger partial charge is 0.490 e. The van der Waals surface area contributed by atoms with Crippen LogP contribution in [0.3, 0.4) is 0 Å². The second-order valence-corrected chi connectivity index (χ2v) is 4.88. The number of hydrogen-bond acceptors (Lipinski definition) is 2. The summed E-state index contributed by atoms with van der Waals surface area (Å²) in [6, 6.07) is 14.0. The molecule has 2 rings (SSSR count). The van der Waals surface area contributed by atoms with Crippen LogP contribution in [0, 0.1) is 13.8 Å². The van der Waals surface area contributed by atoms with E-state index in [0.717, 1.165) is 22.4 Å². The molecule has 0 aliphatic rings. The molecule has 0 fully saturated rings. The number of aryl methyl sites for hydroxylation is 2. The van der Waals surface area contributed by atoms with Crippen LogP contribution in [0.25, 0.3) is 6.08 Å². The maximum atomic E-state index is 9.07. The van der Waals surface area contributed by atoms with Crippen molar-refractivity contribution < 1.29 is 9.84 Å². The van der Waals surface area contributed by atoms with Crippen LogP contribution < -0.4 is 4.74 Å². The van der Waals surface area contributed by atoms with E-state index in [1.165, 1.54) is 5.56 Å². The van der Waals surface area contributed by atoms with Gasteiger partial charge in [-0.1, -0.05) is 42.0 Å². The lowest BCUT2D eigenvalue weighted by atomic mass is 10.1. The van der Waals surface area contributed by atoms with E-state index in [4.69, 9.17) is 9.84 Å². The quantitative estimate of drug-likeness (QED) is 0.891. The molecular formula is C18H20O2. The molecule has 0 heterocycles. The van der Waals surface area contributed by atoms with E-state index < -0.39 is 0 Å². The van der Waals surface area contributed by atoms with E-state index in [2.05, 4.69) is 6.92 Å². The lowest BCUT2D eigenvalue weighted by Gasteiger charge is -2.05. The summed E-state index contributed by atoms with van der Waals surface area (Å²) in [5.74, 6) is 0.882. The lowest BCUT2D eigenvalue weighted by molar-refractivity contribution is 0.282. The average Bonchev–Trinajstić information content (AvgIpc) is 2.46. The molecule has 2 aromatic carbocycles. The molecule has 0 aliphatic carbocycles. The third kappa shape index (κ3) is 3.97. The van der Waals surface area contributed by atoms with Gasteiger partial charge in [0, 0.05) is 0 Å². The van der Waals surface area contributed by atoms with Crippen molar-refractivity contribution in [3.8, 4) is 5.75 Å². The zero-order chi connectivity index (χ0) is 14.4. The Labute approximate surface area is 120 Å². The topological polar surface area (TPSA) is 29.5 Å². The number of ether oxygens (including phenoxy) is 1. The van der Waals surface area contributed by atoms with Crippen LogP contribution in [0.1, 0.15) is 22.3 Å². The third-order valence-electron chi connectivity index (χ3n) is 3.18. The SMILES string of the molecule is Cc1ccc(OC/C=C/c2ccc(CO)cc2C)cc1. The first-order valence-corrected chi connectivity index (χ1v) is 6.75. The zero-order valence-electron chi connectivity index (χ0n) is 12.0. The van der Waals surface area contributed by atoms with Gasteiger partial charge in [0.25, 0.3) is 0 Å². The highest BCUT2D eigenvalue weighted by Crippen LogP contribution is 2.14. The molecule has 0 spiro atoms. The van der Waals surface area contributed by atoms with Crippen LogP contribution in [0.4, 0.5) is 0 Å². The predicted molar refractivity (Wildman–Crippen MR) is 82.8 cm³/mol. The zero-order valence-corrected chi connectivity index (χ0v) is 12.0. The van der Waals surface area contributed by atoms with E-state index in [-0.39, 0.29) is 6.61 Å². The van der Waals surface area contributed by atoms with Crippen LogP contribution >= 0.6 is 0 Å². The molecule has 104 valence electrons. The summed E-state index contributed by atoms with van der Waals surface area (Å²) in [5.41, 5.74) is 4.47. The maximum absolute atomic E-state index is 9.07. The van der Waals surface area contributed by atoms with Crippen molar-refractivity contribution in [1.82, 2.24) is 0 Å². The van der Waals surface area contributed by atoms with Crippen molar-refractivity contribution in [2.75, 3.05) is 6.61 Å². The van der Waals surface area contributed by atoms with Gasteiger partial charge < -0.3 is 9.84 Å². The minimum absolute atomic E-state index is 0.0847. The van der Waals surface area contributed by atoms with Gasteiger partial charge in [-0.2, -0.15) is 0 Å². The van der Waals surface area contributed by atoms with Crippen molar-refractivity contribution in [3.05, 3.63) is 70.8 Å². The van der Waals surface area contributed by atoms with Gasteiger partial charge in [0.05, 0.1) is 6.61 Å². The number of benzene rings is 2. The highest BCUT2D eigenvalue weighted by molar-refractivity contribution is 5.54. The highest BCUT2D eigenvalue weighted by atomic mass is 16.5. The molecule has 2 heteroatoms.